The van der Waals surface area contributed by atoms with Crippen LogP contribution in [0.4, 0.5) is 11.4 Å². The summed E-state index contributed by atoms with van der Waals surface area (Å²) in [5.41, 5.74) is 8.54. The molecule has 1 aromatic heterocycles. The standard InChI is InChI=1S/C16H13N3O/c17-15-12-8-4-5-9-13(12)18-10-14(15)19-16(20)11-6-2-1-3-7-11/h1-10H,(H2,17,18)(H,19,20). The Morgan fingerprint density at radius 1 is 1.00 bits per heavy atom. The number of benzene rings is 2. The predicted octanol–water partition coefficient (Wildman–Crippen LogP) is 3.07. The highest BCUT2D eigenvalue weighted by molar-refractivity contribution is 6.08. The van der Waals surface area contributed by atoms with Crippen LogP contribution in [0.5, 0.6) is 0 Å². The maximum atomic E-state index is 12.1. The zero-order valence-electron chi connectivity index (χ0n) is 10.7. The quantitative estimate of drug-likeness (QED) is 0.746. The number of anilines is 2. The number of nitrogens with one attached hydrogen (secondary N) is 1. The van der Waals surface area contributed by atoms with E-state index in [1.54, 1.807) is 18.3 Å². The number of aromatic nitrogens is 1. The first-order valence-corrected chi connectivity index (χ1v) is 6.25. The molecule has 0 saturated carbocycles. The summed E-state index contributed by atoms with van der Waals surface area (Å²) in [6.45, 7) is 0. The smallest absolute Gasteiger partial charge is 0.255 e. The molecule has 3 aromatic rings. The number of nitrogens with two attached hydrogens (primary N) is 1. The molecule has 4 nitrogen and oxygen atoms in total. The lowest BCUT2D eigenvalue weighted by molar-refractivity contribution is 0.102. The van der Waals surface area contributed by atoms with Crippen LogP contribution in [-0.2, 0) is 0 Å². The number of carbonyl (C=O) groups excluding carboxylic acids is 1. The number of hydrogen-bond donors (Lipinski definition) is 2. The first-order valence-electron chi connectivity index (χ1n) is 6.25. The van der Waals surface area contributed by atoms with E-state index in [-0.39, 0.29) is 5.91 Å². The first-order chi connectivity index (χ1) is 9.75. The fourth-order valence-electron chi connectivity index (χ4n) is 2.05. The average Bonchev–Trinajstić information content (AvgIpc) is 2.51. The van der Waals surface area contributed by atoms with Crippen molar-refractivity contribution in [3.05, 3.63) is 66.4 Å². The van der Waals surface area contributed by atoms with Crippen molar-refractivity contribution in [3.8, 4) is 0 Å². The molecule has 0 aliphatic carbocycles. The summed E-state index contributed by atoms with van der Waals surface area (Å²) in [6.07, 6.45) is 1.58. The molecule has 0 atom stereocenters. The van der Waals surface area contributed by atoms with E-state index in [1.165, 1.54) is 0 Å². The number of pyridine rings is 1. The lowest BCUT2D eigenvalue weighted by Crippen LogP contribution is -2.13. The Kier molecular flexibility index (Phi) is 3.05. The van der Waals surface area contributed by atoms with Crippen molar-refractivity contribution in [2.75, 3.05) is 11.1 Å². The Hall–Kier alpha value is -2.88. The molecule has 2 aromatic carbocycles. The summed E-state index contributed by atoms with van der Waals surface area (Å²) in [6, 6.07) is 16.6. The van der Waals surface area contributed by atoms with Crippen LogP contribution in [0.2, 0.25) is 0 Å². The highest BCUT2D eigenvalue weighted by atomic mass is 16.1. The third-order valence-corrected chi connectivity index (χ3v) is 3.10. The minimum absolute atomic E-state index is 0.200. The van der Waals surface area contributed by atoms with Gasteiger partial charge < -0.3 is 11.1 Å². The number of fused-ring (bicyclic) bond motifs is 1. The SMILES string of the molecule is Nc1c(NC(=O)c2ccccc2)cnc2ccccc12. The second-order valence-corrected chi connectivity index (χ2v) is 4.42. The number of carbonyl (C=O) groups is 1. The van der Waals surface area contributed by atoms with Gasteiger partial charge in [0.1, 0.15) is 0 Å². The summed E-state index contributed by atoms with van der Waals surface area (Å²) in [4.78, 5) is 16.4. The summed E-state index contributed by atoms with van der Waals surface area (Å²) < 4.78 is 0. The van der Waals surface area contributed by atoms with Crippen molar-refractivity contribution in [3.63, 3.8) is 0 Å². The molecule has 4 heteroatoms. The van der Waals surface area contributed by atoms with Gasteiger partial charge in [-0.1, -0.05) is 36.4 Å². The fraction of sp³-hybridized carbons (Fsp3) is 0. The summed E-state index contributed by atoms with van der Waals surface area (Å²) >= 11 is 0. The Morgan fingerprint density at radius 3 is 2.50 bits per heavy atom. The predicted molar refractivity (Wildman–Crippen MR) is 80.6 cm³/mol. The molecule has 1 heterocycles. The van der Waals surface area contributed by atoms with Gasteiger partial charge in [-0.05, 0) is 18.2 Å². The van der Waals surface area contributed by atoms with E-state index in [0.29, 0.717) is 16.9 Å². The molecule has 0 fully saturated rings. The number of nitrogen functional groups attached to an aromatic ring is 1. The van der Waals surface area contributed by atoms with E-state index in [2.05, 4.69) is 10.3 Å². The van der Waals surface area contributed by atoms with E-state index in [4.69, 9.17) is 5.73 Å². The molecule has 98 valence electrons. The van der Waals surface area contributed by atoms with Crippen molar-refractivity contribution in [2.24, 2.45) is 0 Å². The molecule has 0 unspecified atom stereocenters. The maximum Gasteiger partial charge on any atom is 0.255 e. The van der Waals surface area contributed by atoms with E-state index in [9.17, 15) is 4.79 Å². The number of para-hydroxylation sites is 1. The highest BCUT2D eigenvalue weighted by Gasteiger charge is 2.10. The minimum atomic E-state index is -0.200. The van der Waals surface area contributed by atoms with Crippen molar-refractivity contribution >= 4 is 28.2 Å². The lowest BCUT2D eigenvalue weighted by atomic mass is 10.1. The topological polar surface area (TPSA) is 68.0 Å². The van der Waals surface area contributed by atoms with Gasteiger partial charge in [0, 0.05) is 10.9 Å². The van der Waals surface area contributed by atoms with Crippen molar-refractivity contribution in [1.29, 1.82) is 0 Å². The highest BCUT2D eigenvalue weighted by Crippen LogP contribution is 2.26. The molecule has 0 aliphatic rings. The van der Waals surface area contributed by atoms with Gasteiger partial charge in [-0.2, -0.15) is 0 Å². The van der Waals surface area contributed by atoms with Crippen LogP contribution in [0.15, 0.2) is 60.8 Å². The Bertz CT molecular complexity index is 769. The van der Waals surface area contributed by atoms with Gasteiger partial charge in [0.05, 0.1) is 23.1 Å². The summed E-state index contributed by atoms with van der Waals surface area (Å²) in [7, 11) is 0. The van der Waals surface area contributed by atoms with Crippen LogP contribution < -0.4 is 11.1 Å². The molecule has 0 aliphatic heterocycles. The maximum absolute atomic E-state index is 12.1. The number of rotatable bonds is 2. The Morgan fingerprint density at radius 2 is 1.70 bits per heavy atom. The Balaban J connectivity index is 1.95. The van der Waals surface area contributed by atoms with Gasteiger partial charge in [-0.25, -0.2) is 0 Å². The van der Waals surface area contributed by atoms with Crippen LogP contribution in [-0.4, -0.2) is 10.9 Å². The van der Waals surface area contributed by atoms with Gasteiger partial charge in [0.2, 0.25) is 0 Å². The number of amides is 1. The molecular weight excluding hydrogens is 250 g/mol. The molecule has 0 radical (unpaired) electrons. The first kappa shape index (κ1) is 12.2. The van der Waals surface area contributed by atoms with Gasteiger partial charge in [-0.15, -0.1) is 0 Å². The van der Waals surface area contributed by atoms with Gasteiger partial charge in [-0.3, -0.25) is 9.78 Å². The molecule has 3 rings (SSSR count). The third-order valence-electron chi connectivity index (χ3n) is 3.10. The van der Waals surface area contributed by atoms with E-state index < -0.39 is 0 Å². The fourth-order valence-corrected chi connectivity index (χ4v) is 2.05. The molecular formula is C16H13N3O. The van der Waals surface area contributed by atoms with Gasteiger partial charge >= 0.3 is 0 Å². The zero-order valence-corrected chi connectivity index (χ0v) is 10.7. The second-order valence-electron chi connectivity index (χ2n) is 4.42. The van der Waals surface area contributed by atoms with Crippen LogP contribution in [0.1, 0.15) is 10.4 Å². The van der Waals surface area contributed by atoms with Crippen molar-refractivity contribution < 1.29 is 4.79 Å². The molecule has 20 heavy (non-hydrogen) atoms. The van der Waals surface area contributed by atoms with Crippen LogP contribution in [0, 0.1) is 0 Å². The van der Waals surface area contributed by atoms with Crippen molar-refractivity contribution in [1.82, 2.24) is 4.98 Å². The Labute approximate surface area is 116 Å². The average molecular weight is 263 g/mol. The second kappa shape index (κ2) is 5.01. The van der Waals surface area contributed by atoms with Gasteiger partial charge in [0.15, 0.2) is 0 Å². The number of hydrogen-bond acceptors (Lipinski definition) is 3. The normalized spacial score (nSPS) is 10.4. The van der Waals surface area contributed by atoms with Gasteiger partial charge in [0.25, 0.3) is 5.91 Å². The molecule has 3 N–H and O–H groups in total. The third kappa shape index (κ3) is 2.19. The zero-order chi connectivity index (χ0) is 13.9. The molecule has 1 amide bonds. The van der Waals surface area contributed by atoms with Crippen LogP contribution in [0.3, 0.4) is 0 Å². The largest absolute Gasteiger partial charge is 0.396 e. The molecule has 0 saturated heterocycles. The van der Waals surface area contributed by atoms with Crippen molar-refractivity contribution in [2.45, 2.75) is 0 Å². The van der Waals surface area contributed by atoms with E-state index in [1.807, 2.05) is 42.5 Å². The number of nitrogens with zero attached hydrogens (tertiary/aromatic N) is 1. The van der Waals surface area contributed by atoms with E-state index in [0.717, 1.165) is 10.9 Å². The molecule has 0 bridgehead atoms. The monoisotopic (exact) mass is 263 g/mol. The molecule has 0 spiro atoms. The summed E-state index contributed by atoms with van der Waals surface area (Å²) in [5, 5.41) is 3.62. The van der Waals surface area contributed by atoms with Crippen LogP contribution >= 0.6 is 0 Å². The van der Waals surface area contributed by atoms with Crippen LogP contribution in [0.25, 0.3) is 10.9 Å². The minimum Gasteiger partial charge on any atom is -0.396 e. The summed E-state index contributed by atoms with van der Waals surface area (Å²) in [5.74, 6) is -0.200. The van der Waals surface area contributed by atoms with E-state index >= 15 is 0 Å². The lowest BCUT2D eigenvalue weighted by Gasteiger charge is -2.10.